The summed E-state index contributed by atoms with van der Waals surface area (Å²) in [6.45, 7) is 1.41. The molecule has 2 aliphatic rings. The second-order valence-electron chi connectivity index (χ2n) is 5.57. The van der Waals surface area contributed by atoms with Crippen molar-refractivity contribution in [2.75, 3.05) is 19.0 Å². The minimum Gasteiger partial charge on any atom is -0.342 e. The third-order valence-electron chi connectivity index (χ3n) is 4.10. The minimum absolute atomic E-state index is 0.0635. The summed E-state index contributed by atoms with van der Waals surface area (Å²) in [4.78, 5) is 14.0. The molecule has 2 rings (SSSR count). The molecule has 0 spiro atoms. The van der Waals surface area contributed by atoms with E-state index in [2.05, 4.69) is 0 Å². The Bertz CT molecular complexity index is 311. The van der Waals surface area contributed by atoms with Crippen molar-refractivity contribution < 1.29 is 13.6 Å². The van der Waals surface area contributed by atoms with Crippen LogP contribution in [0.3, 0.4) is 0 Å². The predicted octanol–water partition coefficient (Wildman–Crippen LogP) is 3.29. The minimum atomic E-state index is -2.64. The number of rotatable bonds is 3. The average Bonchev–Trinajstić information content (AvgIpc) is 2.76. The zero-order valence-corrected chi connectivity index (χ0v) is 11.3. The van der Waals surface area contributed by atoms with E-state index >= 15 is 0 Å². The monoisotopic (exact) mass is 279 g/mol. The fraction of sp³-hybridized carbons (Fsp3) is 0.923. The molecule has 18 heavy (non-hydrogen) atoms. The highest BCUT2D eigenvalue weighted by molar-refractivity contribution is 6.17. The van der Waals surface area contributed by atoms with E-state index in [-0.39, 0.29) is 18.7 Å². The molecule has 5 heteroatoms. The van der Waals surface area contributed by atoms with Crippen molar-refractivity contribution in [3.8, 4) is 0 Å². The van der Waals surface area contributed by atoms with Gasteiger partial charge in [0, 0.05) is 37.7 Å². The second-order valence-corrected chi connectivity index (χ2v) is 5.94. The predicted molar refractivity (Wildman–Crippen MR) is 66.9 cm³/mol. The normalized spacial score (nSPS) is 31.6. The third kappa shape index (κ3) is 3.34. The number of alkyl halides is 3. The van der Waals surface area contributed by atoms with Crippen LogP contribution in [-0.2, 0) is 4.79 Å². The molecule has 1 amide bonds. The molecule has 2 fully saturated rings. The van der Waals surface area contributed by atoms with Crippen LogP contribution in [0.25, 0.3) is 0 Å². The number of likely N-dealkylation sites (tertiary alicyclic amines) is 1. The standard InChI is InChI=1S/C13H20ClF2NO/c14-6-3-10-4-7-17(9-10)12(18)11-2-1-5-13(15,16)8-11/h10-11H,1-9H2. The smallest absolute Gasteiger partial charge is 0.248 e. The van der Waals surface area contributed by atoms with Crippen molar-refractivity contribution in [1.82, 2.24) is 4.90 Å². The Morgan fingerprint density at radius 3 is 2.83 bits per heavy atom. The van der Waals surface area contributed by atoms with Gasteiger partial charge in [-0.05, 0) is 31.6 Å². The van der Waals surface area contributed by atoms with E-state index in [4.69, 9.17) is 11.6 Å². The molecule has 2 nitrogen and oxygen atoms in total. The van der Waals surface area contributed by atoms with E-state index in [1.54, 1.807) is 4.90 Å². The topological polar surface area (TPSA) is 20.3 Å². The maximum atomic E-state index is 13.3. The fourth-order valence-corrected chi connectivity index (χ4v) is 3.37. The van der Waals surface area contributed by atoms with Crippen molar-refractivity contribution >= 4 is 17.5 Å². The zero-order valence-electron chi connectivity index (χ0n) is 10.5. The van der Waals surface area contributed by atoms with Crippen LogP contribution in [0.1, 0.15) is 38.5 Å². The van der Waals surface area contributed by atoms with E-state index < -0.39 is 11.8 Å². The number of carbonyl (C=O) groups is 1. The number of amides is 1. The first-order valence-electron chi connectivity index (χ1n) is 6.74. The molecule has 0 aromatic rings. The van der Waals surface area contributed by atoms with Crippen LogP contribution in [0.5, 0.6) is 0 Å². The van der Waals surface area contributed by atoms with E-state index in [9.17, 15) is 13.6 Å². The summed E-state index contributed by atoms with van der Waals surface area (Å²) in [7, 11) is 0. The highest BCUT2D eigenvalue weighted by atomic mass is 35.5. The maximum Gasteiger partial charge on any atom is 0.248 e. The van der Waals surface area contributed by atoms with Crippen LogP contribution in [0.4, 0.5) is 8.78 Å². The first kappa shape index (κ1) is 14.0. The van der Waals surface area contributed by atoms with E-state index in [1.807, 2.05) is 0 Å². The Kier molecular flexibility index (Phi) is 4.46. The summed E-state index contributed by atoms with van der Waals surface area (Å²) < 4.78 is 26.6. The lowest BCUT2D eigenvalue weighted by Crippen LogP contribution is -2.39. The Balaban J connectivity index is 1.88. The molecule has 2 unspecified atom stereocenters. The van der Waals surface area contributed by atoms with Gasteiger partial charge in [-0.3, -0.25) is 4.79 Å². The molecule has 0 radical (unpaired) electrons. The van der Waals surface area contributed by atoms with Gasteiger partial charge in [0.2, 0.25) is 11.8 Å². The summed E-state index contributed by atoms with van der Waals surface area (Å²) in [6.07, 6.45) is 2.62. The van der Waals surface area contributed by atoms with Crippen LogP contribution >= 0.6 is 11.6 Å². The summed E-state index contributed by atoms with van der Waals surface area (Å²) in [5.74, 6) is -2.12. The Labute approximate surface area is 112 Å². The van der Waals surface area contributed by atoms with Crippen molar-refractivity contribution in [2.45, 2.75) is 44.4 Å². The molecule has 1 saturated heterocycles. The molecule has 0 aromatic heterocycles. The van der Waals surface area contributed by atoms with Crippen LogP contribution in [0.2, 0.25) is 0 Å². The molecule has 2 atom stereocenters. The highest BCUT2D eigenvalue weighted by Crippen LogP contribution is 2.38. The summed E-state index contributed by atoms with van der Waals surface area (Å²) >= 11 is 5.69. The molecule has 1 aliphatic carbocycles. The van der Waals surface area contributed by atoms with Gasteiger partial charge in [0.05, 0.1) is 0 Å². The van der Waals surface area contributed by atoms with Gasteiger partial charge in [-0.15, -0.1) is 11.6 Å². The number of halogens is 3. The van der Waals surface area contributed by atoms with E-state index in [0.717, 1.165) is 12.8 Å². The molecule has 0 N–H and O–H groups in total. The summed E-state index contributed by atoms with van der Waals surface area (Å²) in [5, 5.41) is 0. The quantitative estimate of drug-likeness (QED) is 0.726. The summed E-state index contributed by atoms with van der Waals surface area (Å²) in [6, 6.07) is 0. The van der Waals surface area contributed by atoms with Crippen LogP contribution in [0, 0.1) is 11.8 Å². The number of carbonyl (C=O) groups excluding carboxylic acids is 1. The Hall–Kier alpha value is -0.380. The first-order chi connectivity index (χ1) is 8.52. The maximum absolute atomic E-state index is 13.3. The van der Waals surface area contributed by atoms with Gasteiger partial charge in [-0.25, -0.2) is 8.78 Å². The number of hydrogen-bond donors (Lipinski definition) is 0. The van der Waals surface area contributed by atoms with Gasteiger partial charge in [0.15, 0.2) is 0 Å². The zero-order chi connectivity index (χ0) is 13.2. The van der Waals surface area contributed by atoms with E-state index in [0.29, 0.717) is 37.7 Å². The molecule has 1 saturated carbocycles. The van der Waals surface area contributed by atoms with Gasteiger partial charge in [-0.2, -0.15) is 0 Å². The third-order valence-corrected chi connectivity index (χ3v) is 4.32. The second kappa shape index (κ2) is 5.72. The lowest BCUT2D eigenvalue weighted by molar-refractivity contribution is -0.141. The number of nitrogens with zero attached hydrogens (tertiary/aromatic N) is 1. The highest BCUT2D eigenvalue weighted by Gasteiger charge is 2.41. The van der Waals surface area contributed by atoms with Gasteiger partial charge in [-0.1, -0.05) is 0 Å². The van der Waals surface area contributed by atoms with Crippen molar-refractivity contribution in [3.63, 3.8) is 0 Å². The van der Waals surface area contributed by atoms with Crippen LogP contribution in [0.15, 0.2) is 0 Å². The molecule has 0 bridgehead atoms. The number of hydrogen-bond acceptors (Lipinski definition) is 1. The van der Waals surface area contributed by atoms with Gasteiger partial charge in [0.25, 0.3) is 0 Å². The molecular formula is C13H20ClF2NO. The van der Waals surface area contributed by atoms with Crippen molar-refractivity contribution in [3.05, 3.63) is 0 Å². The lowest BCUT2D eigenvalue weighted by Gasteiger charge is -2.30. The van der Waals surface area contributed by atoms with Crippen LogP contribution < -0.4 is 0 Å². The lowest BCUT2D eigenvalue weighted by atomic mass is 9.85. The Morgan fingerprint density at radius 1 is 1.39 bits per heavy atom. The average molecular weight is 280 g/mol. The molecule has 1 aliphatic heterocycles. The van der Waals surface area contributed by atoms with Gasteiger partial charge in [0.1, 0.15) is 0 Å². The largest absolute Gasteiger partial charge is 0.342 e. The first-order valence-corrected chi connectivity index (χ1v) is 7.28. The SMILES string of the molecule is O=C(C1CCCC(F)(F)C1)N1CCC(CCCl)C1. The molecule has 104 valence electrons. The van der Waals surface area contributed by atoms with E-state index in [1.165, 1.54) is 0 Å². The van der Waals surface area contributed by atoms with Gasteiger partial charge < -0.3 is 4.90 Å². The molecule has 1 heterocycles. The van der Waals surface area contributed by atoms with Crippen molar-refractivity contribution in [2.24, 2.45) is 11.8 Å². The van der Waals surface area contributed by atoms with Crippen LogP contribution in [-0.4, -0.2) is 35.7 Å². The van der Waals surface area contributed by atoms with Crippen molar-refractivity contribution in [1.29, 1.82) is 0 Å². The van der Waals surface area contributed by atoms with Gasteiger partial charge >= 0.3 is 0 Å². The molecule has 0 aromatic carbocycles. The Morgan fingerprint density at radius 2 is 2.17 bits per heavy atom. The fourth-order valence-electron chi connectivity index (χ4n) is 3.06. The summed E-state index contributed by atoms with van der Waals surface area (Å²) in [5.41, 5.74) is 0. The molecular weight excluding hydrogens is 260 g/mol.